The second kappa shape index (κ2) is 5.85. The van der Waals surface area contributed by atoms with E-state index < -0.39 is 5.60 Å². The molecule has 1 aromatic rings. The SMILES string of the molecule is CCC(C)(C)C1CCC(O)(Cc2ccccc2F)CC1. The van der Waals surface area contributed by atoms with Crippen LogP contribution in [-0.2, 0) is 6.42 Å². The van der Waals surface area contributed by atoms with E-state index in [1.165, 1.54) is 12.5 Å². The van der Waals surface area contributed by atoms with Crippen molar-refractivity contribution in [2.75, 3.05) is 0 Å². The first-order valence-corrected chi connectivity index (χ1v) is 7.82. The maximum absolute atomic E-state index is 13.7. The molecule has 0 radical (unpaired) electrons. The summed E-state index contributed by atoms with van der Waals surface area (Å²) in [5.74, 6) is 0.477. The average Bonchev–Trinajstić information content (AvgIpc) is 2.42. The van der Waals surface area contributed by atoms with E-state index in [1.54, 1.807) is 12.1 Å². The smallest absolute Gasteiger partial charge is 0.126 e. The van der Waals surface area contributed by atoms with Gasteiger partial charge in [0.2, 0.25) is 0 Å². The molecule has 0 unspecified atom stereocenters. The van der Waals surface area contributed by atoms with Crippen molar-refractivity contribution in [3.05, 3.63) is 35.6 Å². The van der Waals surface area contributed by atoms with Gasteiger partial charge in [-0.05, 0) is 48.6 Å². The highest BCUT2D eigenvalue weighted by Crippen LogP contribution is 2.44. The van der Waals surface area contributed by atoms with Crippen molar-refractivity contribution in [1.82, 2.24) is 0 Å². The first-order valence-electron chi connectivity index (χ1n) is 7.82. The third kappa shape index (κ3) is 3.41. The monoisotopic (exact) mass is 278 g/mol. The topological polar surface area (TPSA) is 20.2 Å². The normalized spacial score (nSPS) is 27.6. The van der Waals surface area contributed by atoms with Crippen LogP contribution >= 0.6 is 0 Å². The van der Waals surface area contributed by atoms with Gasteiger partial charge in [-0.2, -0.15) is 0 Å². The predicted octanol–water partition coefficient (Wildman–Crippen LogP) is 4.73. The Kier molecular flexibility index (Phi) is 4.53. The Hall–Kier alpha value is -0.890. The predicted molar refractivity (Wildman–Crippen MR) is 81.1 cm³/mol. The maximum atomic E-state index is 13.7. The van der Waals surface area contributed by atoms with Crippen LogP contribution in [0.2, 0.25) is 0 Å². The van der Waals surface area contributed by atoms with Crippen LogP contribution in [0.1, 0.15) is 58.4 Å². The van der Waals surface area contributed by atoms with Crippen LogP contribution in [-0.4, -0.2) is 10.7 Å². The van der Waals surface area contributed by atoms with Gasteiger partial charge < -0.3 is 5.11 Å². The lowest BCUT2D eigenvalue weighted by Crippen LogP contribution is -2.39. The summed E-state index contributed by atoms with van der Waals surface area (Å²) in [6.07, 6.45) is 5.28. The molecule has 0 heterocycles. The lowest BCUT2D eigenvalue weighted by Gasteiger charge is -2.42. The van der Waals surface area contributed by atoms with Gasteiger partial charge >= 0.3 is 0 Å². The molecule has 112 valence electrons. The van der Waals surface area contributed by atoms with Gasteiger partial charge in [-0.15, -0.1) is 0 Å². The number of aliphatic hydroxyl groups is 1. The molecule has 1 nitrogen and oxygen atoms in total. The molecule has 0 bridgehead atoms. The minimum absolute atomic E-state index is 0.197. The minimum Gasteiger partial charge on any atom is -0.390 e. The Morgan fingerprint density at radius 3 is 2.40 bits per heavy atom. The Balaban J connectivity index is 2.00. The van der Waals surface area contributed by atoms with Crippen molar-refractivity contribution in [2.24, 2.45) is 11.3 Å². The molecule has 0 atom stereocenters. The van der Waals surface area contributed by atoms with Crippen LogP contribution in [0.15, 0.2) is 24.3 Å². The molecule has 1 aliphatic rings. The van der Waals surface area contributed by atoms with Gasteiger partial charge in [0.15, 0.2) is 0 Å². The molecule has 0 aromatic heterocycles. The Morgan fingerprint density at radius 2 is 1.85 bits per heavy atom. The molecule has 1 N–H and O–H groups in total. The van der Waals surface area contributed by atoms with Crippen LogP contribution in [0, 0.1) is 17.2 Å². The number of rotatable bonds is 4. The molecular weight excluding hydrogens is 251 g/mol. The van der Waals surface area contributed by atoms with Crippen LogP contribution in [0.5, 0.6) is 0 Å². The fourth-order valence-electron chi connectivity index (χ4n) is 3.40. The van der Waals surface area contributed by atoms with Crippen molar-refractivity contribution in [3.63, 3.8) is 0 Å². The molecule has 2 rings (SSSR count). The van der Waals surface area contributed by atoms with E-state index in [-0.39, 0.29) is 5.82 Å². The molecule has 1 fully saturated rings. The highest BCUT2D eigenvalue weighted by molar-refractivity contribution is 5.19. The molecule has 0 saturated heterocycles. The molecule has 20 heavy (non-hydrogen) atoms. The summed E-state index contributed by atoms with van der Waals surface area (Å²) in [5.41, 5.74) is 0.269. The van der Waals surface area contributed by atoms with Gasteiger partial charge in [0.05, 0.1) is 5.60 Å². The van der Waals surface area contributed by atoms with Gasteiger partial charge in [-0.25, -0.2) is 4.39 Å². The molecule has 0 spiro atoms. The largest absolute Gasteiger partial charge is 0.390 e. The van der Waals surface area contributed by atoms with Crippen LogP contribution < -0.4 is 0 Å². The van der Waals surface area contributed by atoms with E-state index in [4.69, 9.17) is 0 Å². The van der Waals surface area contributed by atoms with E-state index in [2.05, 4.69) is 20.8 Å². The molecule has 0 amide bonds. The van der Waals surface area contributed by atoms with Crippen molar-refractivity contribution in [1.29, 1.82) is 0 Å². The Morgan fingerprint density at radius 1 is 1.25 bits per heavy atom. The minimum atomic E-state index is -0.720. The summed E-state index contributed by atoms with van der Waals surface area (Å²) in [4.78, 5) is 0. The number of hydrogen-bond donors (Lipinski definition) is 1. The van der Waals surface area contributed by atoms with Crippen LogP contribution in [0.3, 0.4) is 0 Å². The van der Waals surface area contributed by atoms with Gasteiger partial charge in [0, 0.05) is 6.42 Å². The first kappa shape index (κ1) is 15.5. The molecule has 1 aromatic carbocycles. The van der Waals surface area contributed by atoms with Crippen molar-refractivity contribution >= 4 is 0 Å². The van der Waals surface area contributed by atoms with Crippen LogP contribution in [0.25, 0.3) is 0 Å². The summed E-state index contributed by atoms with van der Waals surface area (Å²) >= 11 is 0. The first-order chi connectivity index (χ1) is 9.36. The Bertz CT molecular complexity index is 444. The van der Waals surface area contributed by atoms with Crippen molar-refractivity contribution < 1.29 is 9.50 Å². The lowest BCUT2D eigenvalue weighted by atomic mass is 9.65. The van der Waals surface area contributed by atoms with E-state index in [0.717, 1.165) is 25.7 Å². The lowest BCUT2D eigenvalue weighted by molar-refractivity contribution is -0.0281. The average molecular weight is 278 g/mol. The van der Waals surface area contributed by atoms with E-state index >= 15 is 0 Å². The summed E-state index contributed by atoms with van der Waals surface area (Å²) in [7, 11) is 0. The third-order valence-electron chi connectivity index (χ3n) is 5.41. The van der Waals surface area contributed by atoms with E-state index in [9.17, 15) is 9.50 Å². The molecule has 0 aliphatic heterocycles. The zero-order chi connectivity index (χ0) is 14.8. The highest BCUT2D eigenvalue weighted by Gasteiger charge is 2.38. The maximum Gasteiger partial charge on any atom is 0.126 e. The number of hydrogen-bond acceptors (Lipinski definition) is 1. The molecular formula is C18H27FO. The highest BCUT2D eigenvalue weighted by atomic mass is 19.1. The molecule has 1 aliphatic carbocycles. The zero-order valence-corrected chi connectivity index (χ0v) is 13.0. The van der Waals surface area contributed by atoms with Crippen LogP contribution in [0.4, 0.5) is 4.39 Å². The van der Waals surface area contributed by atoms with Gasteiger partial charge in [-0.1, -0.05) is 45.4 Å². The summed E-state index contributed by atoms with van der Waals surface area (Å²) in [6.45, 7) is 6.87. The summed E-state index contributed by atoms with van der Waals surface area (Å²) in [6, 6.07) is 6.80. The van der Waals surface area contributed by atoms with Gasteiger partial charge in [0.25, 0.3) is 0 Å². The molecule has 1 saturated carbocycles. The van der Waals surface area contributed by atoms with Crippen molar-refractivity contribution in [3.8, 4) is 0 Å². The quantitative estimate of drug-likeness (QED) is 0.844. The second-order valence-electron chi connectivity index (χ2n) is 7.11. The summed E-state index contributed by atoms with van der Waals surface area (Å²) in [5, 5.41) is 10.7. The Labute approximate surface area is 122 Å². The number of halogens is 1. The number of benzene rings is 1. The standard InChI is InChI=1S/C18H27FO/c1-4-17(2,3)15-9-11-18(20,12-10-15)13-14-7-5-6-8-16(14)19/h5-8,15,20H,4,9-13H2,1-3H3. The summed E-state index contributed by atoms with van der Waals surface area (Å²) < 4.78 is 13.7. The van der Waals surface area contributed by atoms with Gasteiger partial charge in [0.1, 0.15) is 5.82 Å². The van der Waals surface area contributed by atoms with Gasteiger partial charge in [-0.3, -0.25) is 0 Å². The third-order valence-corrected chi connectivity index (χ3v) is 5.41. The molecule has 2 heteroatoms. The fraction of sp³-hybridized carbons (Fsp3) is 0.667. The fourth-order valence-corrected chi connectivity index (χ4v) is 3.40. The van der Waals surface area contributed by atoms with E-state index in [0.29, 0.717) is 23.3 Å². The second-order valence-corrected chi connectivity index (χ2v) is 7.11. The van der Waals surface area contributed by atoms with Crippen molar-refractivity contribution in [2.45, 2.75) is 64.9 Å². The zero-order valence-electron chi connectivity index (χ0n) is 13.0. The van der Waals surface area contributed by atoms with E-state index in [1.807, 2.05) is 6.07 Å².